The average molecular weight is 621 g/mol. The molecule has 2 amide bonds. The molecule has 6 rings (SSSR count). The molecule has 0 saturated carbocycles. The third kappa shape index (κ3) is 4.80. The van der Waals surface area contributed by atoms with E-state index in [1.165, 1.54) is 30.3 Å². The molecule has 44 heavy (non-hydrogen) atoms. The number of aliphatic carboxylic acids is 1. The molecule has 0 spiro atoms. The highest BCUT2D eigenvalue weighted by Gasteiger charge is 2.69. The molecule has 224 valence electrons. The van der Waals surface area contributed by atoms with E-state index in [4.69, 9.17) is 16.3 Å². The van der Waals surface area contributed by atoms with Crippen LogP contribution < -0.4 is 15.0 Å². The van der Waals surface area contributed by atoms with Crippen LogP contribution in [0, 0.1) is 18.8 Å². The van der Waals surface area contributed by atoms with Gasteiger partial charge < -0.3 is 9.84 Å². The number of alkyl halides is 3. The Morgan fingerprint density at radius 1 is 0.909 bits per heavy atom. The van der Waals surface area contributed by atoms with Crippen molar-refractivity contribution in [3.8, 4) is 11.5 Å². The van der Waals surface area contributed by atoms with E-state index in [2.05, 4.69) is 5.32 Å². The number of benzene rings is 4. The Hall–Kier alpha value is -4.67. The molecule has 0 aliphatic carbocycles. The highest BCUT2D eigenvalue weighted by Crippen LogP contribution is 2.54. The number of carboxylic acids is 1. The number of fused-ring (bicyclic) bond motifs is 1. The molecule has 2 N–H and O–H groups in total. The van der Waals surface area contributed by atoms with Crippen LogP contribution in [0.25, 0.3) is 0 Å². The number of rotatable bonds is 6. The van der Waals surface area contributed by atoms with Crippen molar-refractivity contribution in [2.24, 2.45) is 11.8 Å². The van der Waals surface area contributed by atoms with Crippen molar-refractivity contribution in [3.05, 3.63) is 124 Å². The number of ether oxygens (including phenoxy) is 1. The zero-order chi connectivity index (χ0) is 31.4. The number of carbonyl (C=O) groups excluding carboxylic acids is 2. The van der Waals surface area contributed by atoms with Gasteiger partial charge in [-0.15, -0.1) is 0 Å². The van der Waals surface area contributed by atoms with Crippen LogP contribution >= 0.6 is 11.6 Å². The molecule has 2 heterocycles. The van der Waals surface area contributed by atoms with E-state index in [0.717, 1.165) is 22.6 Å². The Balaban J connectivity index is 1.45. The molecular weight excluding hydrogens is 597 g/mol. The van der Waals surface area contributed by atoms with Crippen LogP contribution in [0.1, 0.15) is 28.3 Å². The number of imide groups is 1. The lowest BCUT2D eigenvalue weighted by atomic mass is 9.75. The van der Waals surface area contributed by atoms with Crippen molar-refractivity contribution >= 4 is 35.1 Å². The van der Waals surface area contributed by atoms with Crippen LogP contribution in [0.4, 0.5) is 18.9 Å². The van der Waals surface area contributed by atoms with Crippen molar-refractivity contribution in [2.75, 3.05) is 4.90 Å². The molecule has 0 radical (unpaired) electrons. The van der Waals surface area contributed by atoms with Crippen molar-refractivity contribution in [2.45, 2.75) is 24.7 Å². The second-order valence-corrected chi connectivity index (χ2v) is 11.2. The Morgan fingerprint density at radius 3 is 2.25 bits per heavy atom. The summed E-state index contributed by atoms with van der Waals surface area (Å²) in [5.74, 6) is -5.05. The van der Waals surface area contributed by atoms with E-state index in [9.17, 15) is 32.7 Å². The van der Waals surface area contributed by atoms with Gasteiger partial charge in [0.15, 0.2) is 5.54 Å². The third-order valence-electron chi connectivity index (χ3n) is 8.15. The maximum atomic E-state index is 14.1. The number of halogens is 4. The number of carboxylic acid groups (broad SMARTS) is 1. The minimum Gasteiger partial charge on any atom is -0.480 e. The number of hydrogen-bond acceptors (Lipinski definition) is 5. The molecular formula is C33H24ClF3N2O5. The van der Waals surface area contributed by atoms with Crippen LogP contribution in [0.3, 0.4) is 0 Å². The first-order chi connectivity index (χ1) is 20.9. The van der Waals surface area contributed by atoms with Crippen molar-refractivity contribution < 1.29 is 37.4 Å². The molecule has 2 fully saturated rings. The van der Waals surface area contributed by atoms with Gasteiger partial charge in [-0.3, -0.25) is 14.9 Å². The molecule has 0 aromatic heterocycles. The quantitative estimate of drug-likeness (QED) is 0.228. The predicted octanol–water partition coefficient (Wildman–Crippen LogP) is 6.89. The lowest BCUT2D eigenvalue weighted by Gasteiger charge is -2.31. The summed E-state index contributed by atoms with van der Waals surface area (Å²) in [6.45, 7) is 1.77. The topological polar surface area (TPSA) is 95.9 Å². The maximum absolute atomic E-state index is 14.1. The highest BCUT2D eigenvalue weighted by molar-refractivity contribution is 6.32. The SMILES string of the molecule is Cc1ccc(N2C(=O)C3C(c4cccc(Oc5cccc(C(F)(F)F)c5)c4)NC(C(=O)O)(c4ccccc4)C3C2=O)cc1Cl. The van der Waals surface area contributed by atoms with Gasteiger partial charge >= 0.3 is 12.1 Å². The van der Waals surface area contributed by atoms with Gasteiger partial charge in [0.2, 0.25) is 11.8 Å². The van der Waals surface area contributed by atoms with Gasteiger partial charge in [-0.25, -0.2) is 9.69 Å². The molecule has 4 aromatic carbocycles. The van der Waals surface area contributed by atoms with Crippen LogP contribution in [-0.2, 0) is 26.1 Å². The number of hydrogen-bond donors (Lipinski definition) is 2. The first-order valence-corrected chi connectivity index (χ1v) is 14.0. The number of nitrogens with one attached hydrogen (secondary N) is 1. The summed E-state index contributed by atoms with van der Waals surface area (Å²) in [5, 5.41) is 14.2. The van der Waals surface area contributed by atoms with Crippen LogP contribution in [0.5, 0.6) is 11.5 Å². The van der Waals surface area contributed by atoms with Gasteiger partial charge in [-0.1, -0.05) is 66.2 Å². The van der Waals surface area contributed by atoms with Gasteiger partial charge in [0.25, 0.3) is 0 Å². The Bertz CT molecular complexity index is 1800. The average Bonchev–Trinajstić information content (AvgIpc) is 3.49. The molecule has 4 unspecified atom stereocenters. The summed E-state index contributed by atoms with van der Waals surface area (Å²) in [5.41, 5.74) is -1.22. The molecule has 2 aliphatic heterocycles. The standard InChI is InChI=1S/C33H24ClF3N2O5/c1-18-13-14-22(17-25(18)34)39-29(40)26-27(30(39)41)32(31(42)43,20-8-3-2-4-9-20)38-28(26)19-7-5-11-23(15-19)44-24-12-6-10-21(16-24)33(35,36)37/h2-17,26-28,38H,1H3,(H,42,43). The molecule has 2 aliphatic rings. The summed E-state index contributed by atoms with van der Waals surface area (Å²) >= 11 is 6.32. The number of aryl methyl sites for hydroxylation is 1. The van der Waals surface area contributed by atoms with E-state index in [-0.39, 0.29) is 22.7 Å². The van der Waals surface area contributed by atoms with Crippen molar-refractivity contribution in [3.63, 3.8) is 0 Å². The first-order valence-electron chi connectivity index (χ1n) is 13.6. The number of amides is 2. The zero-order valence-electron chi connectivity index (χ0n) is 23.0. The van der Waals surface area contributed by atoms with Crippen molar-refractivity contribution in [1.82, 2.24) is 5.32 Å². The minimum absolute atomic E-state index is 0.0621. The fourth-order valence-electron chi connectivity index (χ4n) is 6.10. The van der Waals surface area contributed by atoms with E-state index in [1.807, 2.05) is 0 Å². The molecule has 4 aromatic rings. The van der Waals surface area contributed by atoms with E-state index < -0.39 is 52.9 Å². The summed E-state index contributed by atoms with van der Waals surface area (Å²) in [6, 6.07) is 22.6. The normalized spacial score (nSPS) is 23.1. The van der Waals surface area contributed by atoms with Crippen LogP contribution in [0.2, 0.25) is 5.02 Å². The Morgan fingerprint density at radius 2 is 1.59 bits per heavy atom. The maximum Gasteiger partial charge on any atom is 0.416 e. The summed E-state index contributed by atoms with van der Waals surface area (Å²) in [7, 11) is 0. The Labute approximate surface area is 254 Å². The van der Waals surface area contributed by atoms with E-state index >= 15 is 0 Å². The van der Waals surface area contributed by atoms with Gasteiger partial charge in [0.05, 0.1) is 23.1 Å². The summed E-state index contributed by atoms with van der Waals surface area (Å²) in [6.07, 6.45) is -4.56. The van der Waals surface area contributed by atoms with E-state index in [0.29, 0.717) is 10.6 Å². The molecule has 11 heteroatoms. The van der Waals surface area contributed by atoms with Gasteiger partial charge in [0, 0.05) is 11.1 Å². The zero-order valence-corrected chi connectivity index (χ0v) is 23.8. The first kappa shape index (κ1) is 29.4. The Kier molecular flexibility index (Phi) is 7.22. The monoisotopic (exact) mass is 620 g/mol. The second kappa shape index (κ2) is 10.8. The third-order valence-corrected chi connectivity index (χ3v) is 8.56. The number of anilines is 1. The van der Waals surface area contributed by atoms with Gasteiger partial charge in [-0.05, 0) is 66.1 Å². The van der Waals surface area contributed by atoms with Gasteiger partial charge in [-0.2, -0.15) is 13.2 Å². The lowest BCUT2D eigenvalue weighted by molar-refractivity contribution is -0.149. The van der Waals surface area contributed by atoms with Crippen LogP contribution in [0.15, 0.2) is 97.1 Å². The fourth-order valence-corrected chi connectivity index (χ4v) is 6.27. The van der Waals surface area contributed by atoms with Crippen LogP contribution in [-0.4, -0.2) is 22.9 Å². The number of nitrogens with zero attached hydrogens (tertiary/aromatic N) is 1. The molecule has 0 bridgehead atoms. The molecule has 2 saturated heterocycles. The summed E-state index contributed by atoms with van der Waals surface area (Å²) in [4.78, 5) is 42.4. The smallest absolute Gasteiger partial charge is 0.416 e. The minimum atomic E-state index is -4.56. The molecule has 7 nitrogen and oxygen atoms in total. The second-order valence-electron chi connectivity index (χ2n) is 10.8. The highest BCUT2D eigenvalue weighted by atomic mass is 35.5. The van der Waals surface area contributed by atoms with Crippen molar-refractivity contribution in [1.29, 1.82) is 0 Å². The summed E-state index contributed by atoms with van der Waals surface area (Å²) < 4.78 is 45.5. The van der Waals surface area contributed by atoms with Gasteiger partial charge in [0.1, 0.15) is 11.5 Å². The predicted molar refractivity (Wildman–Crippen MR) is 155 cm³/mol. The largest absolute Gasteiger partial charge is 0.480 e. The molecule has 4 atom stereocenters. The number of carbonyl (C=O) groups is 3. The van der Waals surface area contributed by atoms with E-state index in [1.54, 1.807) is 61.5 Å². The lowest BCUT2D eigenvalue weighted by Crippen LogP contribution is -2.53. The fraction of sp³-hybridized carbons (Fsp3) is 0.182.